The van der Waals surface area contributed by atoms with Crippen molar-refractivity contribution >= 4 is 23.4 Å². The third-order valence-corrected chi connectivity index (χ3v) is 5.43. The first-order valence-corrected chi connectivity index (χ1v) is 10.5. The molecule has 1 aromatic carbocycles. The molecule has 0 saturated carbocycles. The molecule has 2 heterocycles. The van der Waals surface area contributed by atoms with Crippen LogP contribution in [-0.2, 0) is 19.3 Å². The lowest BCUT2D eigenvalue weighted by atomic mass is 10.0. The molecule has 0 radical (unpaired) electrons. The average molecular weight is 427 g/mol. The van der Waals surface area contributed by atoms with Gasteiger partial charge in [-0.05, 0) is 24.1 Å². The SMILES string of the molecule is CCc1nc(CC#N)nc(N2CCN(C(=O)N(C)C)CC2)c1Cc1cccc(Cl)c1. The Morgan fingerprint density at radius 1 is 1.23 bits per heavy atom. The molecule has 0 aliphatic carbocycles. The standard InChI is InChI=1S/C22H27ClN6O/c1-4-19-18(15-16-6-5-7-17(23)14-16)21(26-20(25-19)8-9-24)28-10-12-29(13-11-28)22(30)27(2)3/h5-7,14H,4,8,10-13,15H2,1-3H3. The van der Waals surface area contributed by atoms with Crippen LogP contribution < -0.4 is 4.90 Å². The molecule has 30 heavy (non-hydrogen) atoms. The van der Waals surface area contributed by atoms with Crippen molar-refractivity contribution in [3.8, 4) is 6.07 Å². The summed E-state index contributed by atoms with van der Waals surface area (Å²) in [6.07, 6.45) is 1.60. The highest BCUT2D eigenvalue weighted by Crippen LogP contribution is 2.27. The van der Waals surface area contributed by atoms with Gasteiger partial charge in [-0.25, -0.2) is 14.8 Å². The molecule has 0 unspecified atom stereocenters. The Morgan fingerprint density at radius 3 is 2.57 bits per heavy atom. The number of anilines is 1. The lowest BCUT2D eigenvalue weighted by Gasteiger charge is -2.37. The Bertz CT molecular complexity index is 947. The fourth-order valence-electron chi connectivity index (χ4n) is 3.70. The second kappa shape index (κ2) is 9.77. The zero-order valence-corrected chi connectivity index (χ0v) is 18.5. The van der Waals surface area contributed by atoms with E-state index < -0.39 is 0 Å². The van der Waals surface area contributed by atoms with Gasteiger partial charge >= 0.3 is 6.03 Å². The topological polar surface area (TPSA) is 76.4 Å². The van der Waals surface area contributed by atoms with Gasteiger partial charge in [0, 0.05) is 63.0 Å². The third kappa shape index (κ3) is 5.00. The zero-order chi connectivity index (χ0) is 21.7. The van der Waals surface area contributed by atoms with Gasteiger partial charge in [0.2, 0.25) is 0 Å². The lowest BCUT2D eigenvalue weighted by molar-refractivity contribution is 0.168. The van der Waals surface area contributed by atoms with Crippen LogP contribution in [0.4, 0.5) is 10.6 Å². The molecule has 1 fully saturated rings. The number of amides is 2. The summed E-state index contributed by atoms with van der Waals surface area (Å²) in [6, 6.07) is 9.99. The molecule has 1 saturated heterocycles. The molecule has 0 atom stereocenters. The van der Waals surface area contributed by atoms with Gasteiger partial charge in [0.05, 0.1) is 12.5 Å². The van der Waals surface area contributed by atoms with Gasteiger partial charge < -0.3 is 14.7 Å². The second-order valence-electron chi connectivity index (χ2n) is 7.53. The van der Waals surface area contributed by atoms with Crippen molar-refractivity contribution in [1.29, 1.82) is 5.26 Å². The number of benzene rings is 1. The number of urea groups is 1. The van der Waals surface area contributed by atoms with Crippen LogP contribution in [0.2, 0.25) is 5.02 Å². The molecule has 3 rings (SSSR count). The number of rotatable bonds is 5. The monoisotopic (exact) mass is 426 g/mol. The van der Waals surface area contributed by atoms with Crippen LogP contribution in [0.1, 0.15) is 29.6 Å². The predicted octanol–water partition coefficient (Wildman–Crippen LogP) is 3.15. The second-order valence-corrected chi connectivity index (χ2v) is 7.97. The lowest BCUT2D eigenvalue weighted by Crippen LogP contribution is -2.52. The van der Waals surface area contributed by atoms with Crippen molar-refractivity contribution in [1.82, 2.24) is 19.8 Å². The first kappa shape index (κ1) is 21.8. The highest BCUT2D eigenvalue weighted by molar-refractivity contribution is 6.30. The van der Waals surface area contributed by atoms with Crippen LogP contribution in [0.5, 0.6) is 0 Å². The fourth-order valence-corrected chi connectivity index (χ4v) is 3.91. The van der Waals surface area contributed by atoms with Crippen LogP contribution in [0, 0.1) is 11.3 Å². The van der Waals surface area contributed by atoms with Crippen molar-refractivity contribution < 1.29 is 4.79 Å². The Kier molecular flexibility index (Phi) is 7.11. The van der Waals surface area contributed by atoms with E-state index in [-0.39, 0.29) is 12.5 Å². The van der Waals surface area contributed by atoms with Crippen molar-refractivity contribution in [2.24, 2.45) is 0 Å². The van der Waals surface area contributed by atoms with E-state index in [1.807, 2.05) is 29.2 Å². The van der Waals surface area contributed by atoms with Gasteiger partial charge in [0.1, 0.15) is 11.6 Å². The summed E-state index contributed by atoms with van der Waals surface area (Å²) in [5.74, 6) is 1.41. The van der Waals surface area contributed by atoms with Gasteiger partial charge in [0.15, 0.2) is 0 Å². The highest BCUT2D eigenvalue weighted by atomic mass is 35.5. The number of piperazine rings is 1. The first-order valence-electron chi connectivity index (χ1n) is 10.1. The van der Waals surface area contributed by atoms with Crippen LogP contribution in [0.15, 0.2) is 24.3 Å². The summed E-state index contributed by atoms with van der Waals surface area (Å²) in [4.78, 5) is 27.4. The van der Waals surface area contributed by atoms with Crippen LogP contribution >= 0.6 is 11.6 Å². The molecule has 1 aromatic heterocycles. The molecule has 0 spiro atoms. The highest BCUT2D eigenvalue weighted by Gasteiger charge is 2.26. The van der Waals surface area contributed by atoms with E-state index >= 15 is 0 Å². The number of carbonyl (C=O) groups excluding carboxylic acids is 1. The van der Waals surface area contributed by atoms with Crippen molar-refractivity contribution in [2.75, 3.05) is 45.2 Å². The van der Waals surface area contributed by atoms with Gasteiger partial charge in [-0.1, -0.05) is 30.7 Å². The summed E-state index contributed by atoms with van der Waals surface area (Å²) in [7, 11) is 3.54. The van der Waals surface area contributed by atoms with Crippen LogP contribution in [0.3, 0.4) is 0 Å². The summed E-state index contributed by atoms with van der Waals surface area (Å²) in [5, 5.41) is 9.86. The van der Waals surface area contributed by atoms with Crippen LogP contribution in [-0.4, -0.2) is 66.1 Å². The number of hydrogen-bond donors (Lipinski definition) is 0. The number of nitriles is 1. The van der Waals surface area contributed by atoms with Crippen LogP contribution in [0.25, 0.3) is 0 Å². The number of aryl methyl sites for hydroxylation is 1. The van der Waals surface area contributed by atoms with E-state index in [2.05, 4.69) is 22.9 Å². The average Bonchev–Trinajstić information content (AvgIpc) is 2.74. The van der Waals surface area contributed by atoms with Gasteiger partial charge in [-0.2, -0.15) is 5.26 Å². The molecule has 2 aromatic rings. The van der Waals surface area contributed by atoms with E-state index in [4.69, 9.17) is 21.8 Å². The summed E-state index contributed by atoms with van der Waals surface area (Å²) >= 11 is 6.19. The Morgan fingerprint density at radius 2 is 1.97 bits per heavy atom. The Balaban J connectivity index is 1.94. The van der Waals surface area contributed by atoms with E-state index in [0.717, 1.165) is 29.1 Å². The predicted molar refractivity (Wildman–Crippen MR) is 118 cm³/mol. The van der Waals surface area contributed by atoms with Crippen molar-refractivity contribution in [3.63, 3.8) is 0 Å². The van der Waals surface area contributed by atoms with Gasteiger partial charge in [-0.3, -0.25) is 0 Å². The minimum atomic E-state index is 0.0240. The van der Waals surface area contributed by atoms with Crippen molar-refractivity contribution in [3.05, 3.63) is 51.9 Å². The number of hydrogen-bond acceptors (Lipinski definition) is 5. The molecule has 158 valence electrons. The first-order chi connectivity index (χ1) is 14.4. The maximum absolute atomic E-state index is 12.3. The Hall–Kier alpha value is -2.85. The summed E-state index contributed by atoms with van der Waals surface area (Å²) in [6.45, 7) is 4.71. The Labute approximate surface area is 182 Å². The molecule has 1 aliphatic rings. The van der Waals surface area contributed by atoms with Gasteiger partial charge in [-0.15, -0.1) is 0 Å². The van der Waals surface area contributed by atoms with E-state index in [1.165, 1.54) is 0 Å². The van der Waals surface area contributed by atoms with E-state index in [9.17, 15) is 4.79 Å². The minimum absolute atomic E-state index is 0.0240. The number of halogens is 1. The molecule has 2 amide bonds. The largest absolute Gasteiger partial charge is 0.353 e. The van der Waals surface area contributed by atoms with Gasteiger partial charge in [0.25, 0.3) is 0 Å². The normalized spacial score (nSPS) is 13.8. The molecular formula is C22H27ClN6O. The number of aromatic nitrogens is 2. The third-order valence-electron chi connectivity index (χ3n) is 5.19. The molecule has 8 heteroatoms. The van der Waals surface area contributed by atoms with E-state index in [1.54, 1.807) is 19.0 Å². The summed E-state index contributed by atoms with van der Waals surface area (Å²) < 4.78 is 0. The van der Waals surface area contributed by atoms with E-state index in [0.29, 0.717) is 43.4 Å². The molecule has 0 bridgehead atoms. The maximum Gasteiger partial charge on any atom is 0.319 e. The van der Waals surface area contributed by atoms with Crippen molar-refractivity contribution in [2.45, 2.75) is 26.2 Å². The molecule has 0 N–H and O–H groups in total. The molecule has 1 aliphatic heterocycles. The number of carbonyl (C=O) groups is 1. The fraction of sp³-hybridized carbons (Fsp3) is 0.455. The summed E-state index contributed by atoms with van der Waals surface area (Å²) in [5.41, 5.74) is 3.11. The molecule has 7 nitrogen and oxygen atoms in total. The zero-order valence-electron chi connectivity index (χ0n) is 17.7. The minimum Gasteiger partial charge on any atom is -0.353 e. The smallest absolute Gasteiger partial charge is 0.319 e. The molecular weight excluding hydrogens is 400 g/mol. The quantitative estimate of drug-likeness (QED) is 0.734. The maximum atomic E-state index is 12.3. The number of nitrogens with zero attached hydrogens (tertiary/aromatic N) is 6.